The molecule has 0 unspecified atom stereocenters. The van der Waals surface area contributed by atoms with E-state index in [9.17, 15) is 10.1 Å². The van der Waals surface area contributed by atoms with Gasteiger partial charge in [-0.25, -0.2) is 0 Å². The molecule has 1 fully saturated rings. The van der Waals surface area contributed by atoms with E-state index >= 15 is 0 Å². The molecule has 0 aliphatic heterocycles. The van der Waals surface area contributed by atoms with Crippen molar-refractivity contribution in [3.63, 3.8) is 0 Å². The van der Waals surface area contributed by atoms with Crippen LogP contribution in [0.3, 0.4) is 0 Å². The van der Waals surface area contributed by atoms with Gasteiger partial charge in [0.1, 0.15) is 5.75 Å². The van der Waals surface area contributed by atoms with Crippen LogP contribution in [-0.2, 0) is 13.1 Å². The van der Waals surface area contributed by atoms with Gasteiger partial charge in [0.2, 0.25) is 0 Å². The summed E-state index contributed by atoms with van der Waals surface area (Å²) in [5, 5.41) is 11.4. The third kappa shape index (κ3) is 6.42. The molecule has 0 atom stereocenters. The molecule has 1 aliphatic carbocycles. The van der Waals surface area contributed by atoms with Crippen molar-refractivity contribution >= 4 is 5.69 Å². The quantitative estimate of drug-likeness (QED) is 0.447. The smallest absolute Gasteiger partial charge is 0.311 e. The number of nitro groups is 1. The summed E-state index contributed by atoms with van der Waals surface area (Å²) in [4.78, 5) is 13.4. The molecular formula is C24H33N3O4. The second-order valence-corrected chi connectivity index (χ2v) is 8.40. The first kappa shape index (κ1) is 23.0. The summed E-state index contributed by atoms with van der Waals surface area (Å²) >= 11 is 0. The maximum Gasteiger partial charge on any atom is 0.311 e. The van der Waals surface area contributed by atoms with Gasteiger partial charge in [0, 0.05) is 25.7 Å². The second kappa shape index (κ2) is 11.1. The fraction of sp³-hybridized carbons (Fsp3) is 0.500. The summed E-state index contributed by atoms with van der Waals surface area (Å²) < 4.78 is 10.4. The lowest BCUT2D eigenvalue weighted by atomic mass is 9.82. The molecule has 0 radical (unpaired) electrons. The monoisotopic (exact) mass is 427 g/mol. The van der Waals surface area contributed by atoms with Crippen LogP contribution in [0.25, 0.3) is 0 Å². The third-order valence-electron chi connectivity index (χ3n) is 6.23. The molecule has 2 N–H and O–H groups in total. The van der Waals surface area contributed by atoms with Crippen molar-refractivity contribution in [3.05, 3.63) is 63.7 Å². The highest BCUT2D eigenvalue weighted by atomic mass is 16.6. The van der Waals surface area contributed by atoms with Crippen LogP contribution in [0.1, 0.15) is 36.8 Å². The Balaban J connectivity index is 1.76. The second-order valence-electron chi connectivity index (χ2n) is 8.40. The Morgan fingerprint density at radius 3 is 2.16 bits per heavy atom. The Kier molecular flexibility index (Phi) is 8.26. The molecule has 3 rings (SSSR count). The number of hydrogen-bond acceptors (Lipinski definition) is 6. The lowest BCUT2D eigenvalue weighted by Crippen LogP contribution is -2.32. The highest BCUT2D eigenvalue weighted by Gasteiger charge is 2.23. The molecule has 0 heterocycles. The Morgan fingerprint density at radius 2 is 1.58 bits per heavy atom. The highest BCUT2D eigenvalue weighted by Crippen LogP contribution is 2.31. The van der Waals surface area contributed by atoms with Crippen LogP contribution in [0.4, 0.5) is 5.69 Å². The van der Waals surface area contributed by atoms with Crippen LogP contribution in [0, 0.1) is 22.0 Å². The standard InChI is InChI=1S/C24H33N3O4/c1-30-22-10-7-20(8-11-22)16-26(15-19-5-3-18(14-25)4-6-19)17-21-9-12-24(31-2)23(13-21)27(28)29/h7-13,18-19H,3-6,14-17,25H2,1-2H3. The zero-order valence-electron chi connectivity index (χ0n) is 18.5. The number of rotatable bonds is 10. The van der Waals surface area contributed by atoms with Crippen molar-refractivity contribution < 1.29 is 14.4 Å². The van der Waals surface area contributed by atoms with Gasteiger partial charge in [-0.1, -0.05) is 18.2 Å². The molecular weight excluding hydrogens is 394 g/mol. The predicted octanol–water partition coefficient (Wildman–Crippen LogP) is 4.38. The Labute approximate surface area is 184 Å². The van der Waals surface area contributed by atoms with E-state index in [0.717, 1.165) is 30.9 Å². The molecule has 168 valence electrons. The van der Waals surface area contributed by atoms with E-state index in [2.05, 4.69) is 17.0 Å². The summed E-state index contributed by atoms with van der Waals surface area (Å²) in [5.41, 5.74) is 7.97. The van der Waals surface area contributed by atoms with E-state index in [0.29, 0.717) is 18.4 Å². The molecule has 0 spiro atoms. The van der Waals surface area contributed by atoms with E-state index in [1.54, 1.807) is 19.2 Å². The van der Waals surface area contributed by atoms with Gasteiger partial charge in [-0.15, -0.1) is 0 Å². The average Bonchev–Trinajstić information content (AvgIpc) is 2.80. The first-order valence-electron chi connectivity index (χ1n) is 10.9. The summed E-state index contributed by atoms with van der Waals surface area (Å²) in [6.07, 6.45) is 4.74. The van der Waals surface area contributed by atoms with Crippen LogP contribution in [0.5, 0.6) is 11.5 Å². The van der Waals surface area contributed by atoms with Gasteiger partial charge in [-0.05, 0) is 73.4 Å². The van der Waals surface area contributed by atoms with Crippen molar-refractivity contribution in [1.82, 2.24) is 4.90 Å². The third-order valence-corrected chi connectivity index (χ3v) is 6.23. The van der Waals surface area contributed by atoms with E-state index < -0.39 is 0 Å². The summed E-state index contributed by atoms with van der Waals surface area (Å²) in [7, 11) is 3.12. The number of hydrogen-bond donors (Lipinski definition) is 1. The van der Waals surface area contributed by atoms with Gasteiger partial charge in [0.15, 0.2) is 5.75 Å². The van der Waals surface area contributed by atoms with Crippen molar-refractivity contribution in [2.75, 3.05) is 27.3 Å². The Morgan fingerprint density at radius 1 is 0.968 bits per heavy atom. The molecule has 2 aromatic rings. The topological polar surface area (TPSA) is 90.9 Å². The molecule has 0 aromatic heterocycles. The maximum atomic E-state index is 11.4. The highest BCUT2D eigenvalue weighted by molar-refractivity contribution is 5.48. The molecule has 2 aromatic carbocycles. The Bertz CT molecular complexity index is 848. The summed E-state index contributed by atoms with van der Waals surface area (Å²) in [5.74, 6) is 2.39. The van der Waals surface area contributed by atoms with Gasteiger partial charge in [-0.2, -0.15) is 0 Å². The van der Waals surface area contributed by atoms with Crippen LogP contribution in [0.2, 0.25) is 0 Å². The molecule has 0 saturated heterocycles. The van der Waals surface area contributed by atoms with E-state index in [4.69, 9.17) is 15.2 Å². The zero-order chi connectivity index (χ0) is 22.2. The first-order valence-corrected chi connectivity index (χ1v) is 10.9. The Hall–Kier alpha value is -2.64. The molecule has 7 heteroatoms. The number of benzene rings is 2. The minimum Gasteiger partial charge on any atom is -0.497 e. The number of methoxy groups -OCH3 is 2. The van der Waals surface area contributed by atoms with Crippen LogP contribution in [-0.4, -0.2) is 37.1 Å². The molecule has 0 bridgehead atoms. The number of nitrogens with zero attached hydrogens (tertiary/aromatic N) is 2. The SMILES string of the molecule is COc1ccc(CN(Cc2ccc(OC)c([N+](=O)[O-])c2)CC2CCC(CN)CC2)cc1. The first-order chi connectivity index (χ1) is 15.0. The average molecular weight is 428 g/mol. The molecule has 0 amide bonds. The summed E-state index contributed by atoms with van der Waals surface area (Å²) in [6, 6.07) is 13.3. The summed E-state index contributed by atoms with van der Waals surface area (Å²) in [6.45, 7) is 3.16. The lowest BCUT2D eigenvalue weighted by Gasteiger charge is -2.32. The molecule has 1 aliphatic rings. The van der Waals surface area contributed by atoms with Crippen LogP contribution in [0.15, 0.2) is 42.5 Å². The van der Waals surface area contributed by atoms with E-state index in [1.807, 2.05) is 18.2 Å². The van der Waals surface area contributed by atoms with E-state index in [1.165, 1.54) is 38.4 Å². The van der Waals surface area contributed by atoms with Gasteiger partial charge in [0.05, 0.1) is 19.1 Å². The van der Waals surface area contributed by atoms with Crippen LogP contribution >= 0.6 is 0 Å². The maximum absolute atomic E-state index is 11.4. The lowest BCUT2D eigenvalue weighted by molar-refractivity contribution is -0.385. The normalized spacial score (nSPS) is 18.7. The number of nitrogens with two attached hydrogens (primary N) is 1. The molecule has 1 saturated carbocycles. The minimum absolute atomic E-state index is 0.00727. The van der Waals surface area contributed by atoms with Gasteiger partial charge >= 0.3 is 5.69 Å². The molecule has 7 nitrogen and oxygen atoms in total. The fourth-order valence-corrected chi connectivity index (χ4v) is 4.42. The van der Waals surface area contributed by atoms with Crippen LogP contribution < -0.4 is 15.2 Å². The van der Waals surface area contributed by atoms with Gasteiger partial charge < -0.3 is 15.2 Å². The number of nitro benzene ring substituents is 1. The largest absolute Gasteiger partial charge is 0.497 e. The zero-order valence-corrected chi connectivity index (χ0v) is 18.5. The van der Waals surface area contributed by atoms with Gasteiger partial charge in [-0.3, -0.25) is 15.0 Å². The predicted molar refractivity (Wildman–Crippen MR) is 121 cm³/mol. The minimum atomic E-state index is -0.385. The van der Waals surface area contributed by atoms with Crippen molar-refractivity contribution in [2.45, 2.75) is 38.8 Å². The van der Waals surface area contributed by atoms with Crippen molar-refractivity contribution in [2.24, 2.45) is 17.6 Å². The van der Waals surface area contributed by atoms with E-state index in [-0.39, 0.29) is 16.4 Å². The van der Waals surface area contributed by atoms with Crippen molar-refractivity contribution in [3.8, 4) is 11.5 Å². The van der Waals surface area contributed by atoms with Gasteiger partial charge in [0.25, 0.3) is 0 Å². The fourth-order valence-electron chi connectivity index (χ4n) is 4.42. The van der Waals surface area contributed by atoms with Crippen molar-refractivity contribution in [1.29, 1.82) is 0 Å². The number of ether oxygens (including phenoxy) is 2. The molecule has 31 heavy (non-hydrogen) atoms.